The highest BCUT2D eigenvalue weighted by Crippen LogP contribution is 2.24. The highest BCUT2D eigenvalue weighted by atomic mass is 16.5. The molecule has 0 bridgehead atoms. The third kappa shape index (κ3) is 4.20. The first-order valence-corrected chi connectivity index (χ1v) is 9.79. The van der Waals surface area contributed by atoms with Gasteiger partial charge in [0.15, 0.2) is 0 Å². The predicted octanol–water partition coefficient (Wildman–Crippen LogP) is 2.92. The Morgan fingerprint density at radius 2 is 1.78 bits per heavy atom. The summed E-state index contributed by atoms with van der Waals surface area (Å²) in [7, 11) is 1.58. The molecule has 160 valence electrons. The number of aromatic hydroxyl groups is 1. The Morgan fingerprint density at radius 3 is 2.47 bits per heavy atom. The molecule has 2 N–H and O–H groups in total. The van der Waals surface area contributed by atoms with Gasteiger partial charge < -0.3 is 9.84 Å². The molecule has 2 aromatic heterocycles. The topological polar surface area (TPSA) is 106 Å². The Balaban J connectivity index is 1.71. The van der Waals surface area contributed by atoms with E-state index in [4.69, 9.17) is 4.74 Å². The van der Waals surface area contributed by atoms with Gasteiger partial charge in [-0.25, -0.2) is 5.43 Å². The minimum Gasteiger partial charge on any atom is -0.497 e. The van der Waals surface area contributed by atoms with Crippen molar-refractivity contribution in [1.29, 1.82) is 0 Å². The zero-order valence-electron chi connectivity index (χ0n) is 17.2. The van der Waals surface area contributed by atoms with E-state index in [0.29, 0.717) is 27.6 Å². The van der Waals surface area contributed by atoms with Gasteiger partial charge >= 0.3 is 0 Å². The fourth-order valence-corrected chi connectivity index (χ4v) is 3.32. The smallest absolute Gasteiger partial charge is 0.271 e. The molecule has 0 spiro atoms. The first-order valence-electron chi connectivity index (χ1n) is 9.79. The van der Waals surface area contributed by atoms with Crippen LogP contribution in [0.3, 0.4) is 0 Å². The third-order valence-electron chi connectivity index (χ3n) is 4.99. The van der Waals surface area contributed by atoms with Gasteiger partial charge in [-0.15, -0.1) is 0 Å². The lowest BCUT2D eigenvalue weighted by molar-refractivity contribution is 0.0955. The van der Waals surface area contributed by atoms with Crippen LogP contribution in [-0.4, -0.2) is 33.9 Å². The van der Waals surface area contributed by atoms with Crippen molar-refractivity contribution in [2.45, 2.75) is 6.54 Å². The van der Waals surface area contributed by atoms with Crippen LogP contribution in [-0.2, 0) is 6.54 Å². The number of nitrogens with zero attached hydrogens (tertiary/aromatic N) is 3. The quantitative estimate of drug-likeness (QED) is 0.363. The number of rotatable bonds is 6. The summed E-state index contributed by atoms with van der Waals surface area (Å²) in [6.45, 7) is 0.156. The lowest BCUT2D eigenvalue weighted by Gasteiger charge is -2.14. The minimum absolute atomic E-state index is 0.156. The molecule has 2 aromatic carbocycles. The summed E-state index contributed by atoms with van der Waals surface area (Å²) in [5.74, 6) is 0.0343. The Morgan fingerprint density at radius 1 is 1.09 bits per heavy atom. The lowest BCUT2D eigenvalue weighted by atomic mass is 10.1. The molecule has 2 heterocycles. The second-order valence-electron chi connectivity index (χ2n) is 6.96. The second kappa shape index (κ2) is 9.13. The van der Waals surface area contributed by atoms with E-state index in [-0.39, 0.29) is 18.0 Å². The van der Waals surface area contributed by atoms with E-state index in [0.717, 1.165) is 5.56 Å². The van der Waals surface area contributed by atoms with Crippen molar-refractivity contribution in [3.8, 4) is 11.6 Å². The van der Waals surface area contributed by atoms with E-state index in [1.54, 1.807) is 55.6 Å². The SMILES string of the molecule is COc1ccc(Cn2c(O)c(/C=N/NC(=O)c3ccncc3)c3ccccc3c2=O)cc1. The van der Waals surface area contributed by atoms with Crippen molar-refractivity contribution < 1.29 is 14.6 Å². The largest absolute Gasteiger partial charge is 0.497 e. The maximum Gasteiger partial charge on any atom is 0.271 e. The van der Waals surface area contributed by atoms with Crippen molar-refractivity contribution in [2.24, 2.45) is 5.10 Å². The molecule has 4 rings (SSSR count). The average molecular weight is 428 g/mol. The normalized spacial score (nSPS) is 11.0. The summed E-state index contributed by atoms with van der Waals surface area (Å²) in [4.78, 5) is 29.1. The van der Waals surface area contributed by atoms with Gasteiger partial charge in [0.2, 0.25) is 5.88 Å². The molecule has 0 radical (unpaired) electrons. The number of carbonyl (C=O) groups excluding carboxylic acids is 1. The van der Waals surface area contributed by atoms with Crippen LogP contribution in [0.1, 0.15) is 21.5 Å². The van der Waals surface area contributed by atoms with Crippen molar-refractivity contribution in [3.63, 3.8) is 0 Å². The number of pyridine rings is 2. The lowest BCUT2D eigenvalue weighted by Crippen LogP contribution is -2.23. The molecule has 0 unspecified atom stereocenters. The fraction of sp³-hybridized carbons (Fsp3) is 0.0833. The van der Waals surface area contributed by atoms with Gasteiger partial charge in [-0.3, -0.25) is 19.1 Å². The molecule has 1 amide bonds. The Hall–Kier alpha value is -4.46. The molecule has 0 aliphatic heterocycles. The van der Waals surface area contributed by atoms with Crippen molar-refractivity contribution in [1.82, 2.24) is 15.0 Å². The highest BCUT2D eigenvalue weighted by Gasteiger charge is 2.15. The molecule has 0 fully saturated rings. The summed E-state index contributed by atoms with van der Waals surface area (Å²) in [5, 5.41) is 15.9. The van der Waals surface area contributed by atoms with Gasteiger partial charge in [0.25, 0.3) is 11.5 Å². The molecule has 0 aliphatic carbocycles. The third-order valence-corrected chi connectivity index (χ3v) is 4.99. The van der Waals surface area contributed by atoms with E-state index < -0.39 is 5.91 Å². The summed E-state index contributed by atoms with van der Waals surface area (Å²) in [6.07, 6.45) is 4.35. The number of methoxy groups -OCH3 is 1. The van der Waals surface area contributed by atoms with Gasteiger partial charge in [0.05, 0.1) is 25.4 Å². The second-order valence-corrected chi connectivity index (χ2v) is 6.96. The molecule has 0 saturated carbocycles. The fourth-order valence-electron chi connectivity index (χ4n) is 3.32. The first-order chi connectivity index (χ1) is 15.6. The van der Waals surface area contributed by atoms with Gasteiger partial charge in [-0.05, 0) is 35.9 Å². The van der Waals surface area contributed by atoms with Crippen LogP contribution in [0.15, 0.2) is 83.0 Å². The number of carbonyl (C=O) groups is 1. The molecular formula is C24H20N4O4. The van der Waals surface area contributed by atoms with Gasteiger partial charge in [0.1, 0.15) is 5.75 Å². The van der Waals surface area contributed by atoms with Crippen LogP contribution in [0, 0.1) is 0 Å². The van der Waals surface area contributed by atoms with Gasteiger partial charge in [-0.2, -0.15) is 5.10 Å². The van der Waals surface area contributed by atoms with Crippen LogP contribution in [0.2, 0.25) is 0 Å². The summed E-state index contributed by atoms with van der Waals surface area (Å²) in [5.41, 5.74) is 3.63. The number of amides is 1. The predicted molar refractivity (Wildman–Crippen MR) is 121 cm³/mol. The van der Waals surface area contributed by atoms with E-state index in [2.05, 4.69) is 15.5 Å². The molecule has 8 nitrogen and oxygen atoms in total. The summed E-state index contributed by atoms with van der Waals surface area (Å²) in [6, 6.07) is 17.3. The van der Waals surface area contributed by atoms with E-state index >= 15 is 0 Å². The van der Waals surface area contributed by atoms with Gasteiger partial charge in [-0.1, -0.05) is 30.3 Å². The van der Waals surface area contributed by atoms with Crippen molar-refractivity contribution in [2.75, 3.05) is 7.11 Å². The number of benzene rings is 2. The maximum absolute atomic E-state index is 13.1. The van der Waals surface area contributed by atoms with Crippen LogP contribution < -0.4 is 15.7 Å². The Labute approximate surface area is 183 Å². The number of ether oxygens (including phenoxy) is 1. The molecule has 32 heavy (non-hydrogen) atoms. The number of fused-ring (bicyclic) bond motifs is 1. The molecule has 0 atom stereocenters. The Kier molecular flexibility index (Phi) is 5.94. The van der Waals surface area contributed by atoms with Crippen LogP contribution in [0.4, 0.5) is 0 Å². The number of hydrogen-bond donors (Lipinski definition) is 2. The van der Waals surface area contributed by atoms with Gasteiger partial charge in [0, 0.05) is 28.7 Å². The molecule has 4 aromatic rings. The van der Waals surface area contributed by atoms with Crippen molar-refractivity contribution >= 4 is 22.9 Å². The maximum atomic E-state index is 13.1. The number of aromatic nitrogens is 2. The van der Waals surface area contributed by atoms with Crippen LogP contribution in [0.25, 0.3) is 10.8 Å². The minimum atomic E-state index is -0.418. The zero-order chi connectivity index (χ0) is 22.5. The molecular weight excluding hydrogens is 408 g/mol. The average Bonchev–Trinajstić information content (AvgIpc) is 2.84. The molecule has 0 aliphatic rings. The molecule has 0 saturated heterocycles. The van der Waals surface area contributed by atoms with Crippen LogP contribution >= 0.6 is 0 Å². The van der Waals surface area contributed by atoms with E-state index in [9.17, 15) is 14.7 Å². The van der Waals surface area contributed by atoms with Crippen molar-refractivity contribution in [3.05, 3.63) is 100 Å². The summed E-state index contributed by atoms with van der Waals surface area (Å²) < 4.78 is 6.44. The van der Waals surface area contributed by atoms with E-state index in [1.165, 1.54) is 23.2 Å². The molecule has 8 heteroatoms. The highest BCUT2D eigenvalue weighted by molar-refractivity contribution is 6.02. The van der Waals surface area contributed by atoms with E-state index in [1.807, 2.05) is 12.1 Å². The number of nitrogens with one attached hydrogen (secondary N) is 1. The van der Waals surface area contributed by atoms with Crippen LogP contribution in [0.5, 0.6) is 11.6 Å². The summed E-state index contributed by atoms with van der Waals surface area (Å²) >= 11 is 0. The number of hydrazone groups is 1. The number of hydrogen-bond acceptors (Lipinski definition) is 6. The monoisotopic (exact) mass is 428 g/mol. The standard InChI is InChI=1S/C24H20N4O4/c1-32-18-8-6-16(7-9-18)15-28-23(30)20-5-3-2-4-19(20)21(24(28)31)14-26-27-22(29)17-10-12-25-13-11-17/h2-14,31H,15H2,1H3,(H,27,29)/b26-14+. The zero-order valence-corrected chi connectivity index (χ0v) is 17.2. The first kappa shape index (κ1) is 20.8. The Bertz CT molecular complexity index is 1350.